The molecule has 4 heterocycles. The molecule has 43 heavy (non-hydrogen) atoms. The molecule has 12 nitrogen and oxygen atoms in total. The van der Waals surface area contributed by atoms with E-state index in [1.165, 1.54) is 6.07 Å². The zero-order valence-electron chi connectivity index (χ0n) is 24.5. The van der Waals surface area contributed by atoms with Gasteiger partial charge < -0.3 is 10.2 Å². The number of piperidine rings is 1. The number of sulfonamides is 1. The fraction of sp³-hybridized carbons (Fsp3) is 0.379. The van der Waals surface area contributed by atoms with Crippen molar-refractivity contribution in [1.29, 1.82) is 0 Å². The number of fused-ring (bicyclic) bond motifs is 1. The van der Waals surface area contributed by atoms with Crippen molar-refractivity contribution < 1.29 is 13.2 Å². The number of amides is 1. The Balaban J connectivity index is 1.53. The highest BCUT2D eigenvalue weighted by Gasteiger charge is 2.27. The average Bonchev–Trinajstić information content (AvgIpc) is 2.95. The molecule has 1 saturated heterocycles. The summed E-state index contributed by atoms with van der Waals surface area (Å²) in [5.41, 5.74) is 3.83. The first kappa shape index (κ1) is 30.4. The topological polar surface area (TPSA) is 152 Å². The largest absolute Gasteiger partial charge is 0.377 e. The van der Waals surface area contributed by atoms with E-state index >= 15 is 0 Å². The number of anilines is 2. The van der Waals surface area contributed by atoms with Gasteiger partial charge in [-0.15, -0.1) is 0 Å². The number of hydrogen-bond acceptors (Lipinski definition) is 10. The van der Waals surface area contributed by atoms with Gasteiger partial charge in [0.1, 0.15) is 5.15 Å². The van der Waals surface area contributed by atoms with Crippen LogP contribution in [0.25, 0.3) is 10.9 Å². The number of carbonyl (C=O) groups is 1. The molecule has 1 aromatic carbocycles. The Kier molecular flexibility index (Phi) is 8.39. The van der Waals surface area contributed by atoms with E-state index in [4.69, 9.17) is 16.6 Å². The zero-order chi connectivity index (χ0) is 31.1. The second-order valence-corrected chi connectivity index (χ2v) is 13.1. The summed E-state index contributed by atoms with van der Waals surface area (Å²) in [6.07, 6.45) is 6.35. The minimum Gasteiger partial charge on any atom is -0.377 e. The van der Waals surface area contributed by atoms with E-state index in [1.54, 1.807) is 23.9 Å². The van der Waals surface area contributed by atoms with Crippen LogP contribution in [0.3, 0.4) is 0 Å². The molecule has 0 aliphatic carbocycles. The monoisotopic (exact) mass is 624 g/mol. The fourth-order valence-electron chi connectivity index (χ4n) is 5.42. The van der Waals surface area contributed by atoms with E-state index in [0.29, 0.717) is 23.4 Å². The Morgan fingerprint density at radius 1 is 1.14 bits per heavy atom. The molecule has 5 rings (SSSR count). The number of halogens is 1. The molecule has 1 aliphatic heterocycles. The molecular formula is C29H33ClN8O4S. The van der Waals surface area contributed by atoms with Gasteiger partial charge in [-0.25, -0.2) is 23.1 Å². The van der Waals surface area contributed by atoms with Crippen molar-refractivity contribution in [2.24, 2.45) is 7.05 Å². The van der Waals surface area contributed by atoms with Gasteiger partial charge in [-0.3, -0.25) is 24.1 Å². The highest BCUT2D eigenvalue weighted by Crippen LogP contribution is 2.31. The Labute approximate surface area is 254 Å². The molecular weight excluding hydrogens is 592 g/mol. The molecule has 1 fully saturated rings. The minimum atomic E-state index is -3.83. The summed E-state index contributed by atoms with van der Waals surface area (Å²) in [6, 6.07) is 6.36. The number of nitrogens with one attached hydrogen (secondary N) is 2. The molecule has 3 aromatic heterocycles. The zero-order valence-corrected chi connectivity index (χ0v) is 26.1. The summed E-state index contributed by atoms with van der Waals surface area (Å²) in [4.78, 5) is 46.7. The molecule has 1 amide bonds. The molecule has 0 radical (unpaired) electrons. The van der Waals surface area contributed by atoms with Crippen LogP contribution in [0, 0.1) is 13.8 Å². The summed E-state index contributed by atoms with van der Waals surface area (Å²) >= 11 is 6.04. The summed E-state index contributed by atoms with van der Waals surface area (Å²) in [5, 5.41) is 3.75. The van der Waals surface area contributed by atoms with Gasteiger partial charge in [-0.2, -0.15) is 0 Å². The van der Waals surface area contributed by atoms with Gasteiger partial charge in [0.15, 0.2) is 5.69 Å². The van der Waals surface area contributed by atoms with Crippen molar-refractivity contribution in [3.8, 4) is 0 Å². The van der Waals surface area contributed by atoms with Crippen molar-refractivity contribution in [3.05, 3.63) is 80.4 Å². The van der Waals surface area contributed by atoms with Gasteiger partial charge in [0.2, 0.25) is 16.0 Å². The lowest BCUT2D eigenvalue weighted by Crippen LogP contribution is -2.39. The average molecular weight is 625 g/mol. The number of aromatic nitrogens is 5. The van der Waals surface area contributed by atoms with Crippen LogP contribution in [0.5, 0.6) is 0 Å². The lowest BCUT2D eigenvalue weighted by atomic mass is 9.95. The lowest BCUT2D eigenvalue weighted by Gasteiger charge is -2.34. The molecule has 14 heteroatoms. The highest BCUT2D eigenvalue weighted by atomic mass is 35.5. The molecule has 4 aromatic rings. The van der Waals surface area contributed by atoms with E-state index in [2.05, 4.69) is 25.2 Å². The van der Waals surface area contributed by atoms with E-state index in [-0.39, 0.29) is 28.0 Å². The van der Waals surface area contributed by atoms with Gasteiger partial charge >= 0.3 is 0 Å². The summed E-state index contributed by atoms with van der Waals surface area (Å²) in [6.45, 7) is 7.06. The van der Waals surface area contributed by atoms with Gasteiger partial charge in [0, 0.05) is 44.0 Å². The summed E-state index contributed by atoms with van der Waals surface area (Å²) < 4.78 is 26.9. The van der Waals surface area contributed by atoms with Crippen molar-refractivity contribution in [1.82, 2.24) is 29.2 Å². The number of benzene rings is 1. The quantitative estimate of drug-likeness (QED) is 0.292. The first-order valence-electron chi connectivity index (χ1n) is 13.8. The molecule has 0 saturated carbocycles. The van der Waals surface area contributed by atoms with Crippen LogP contribution in [0.2, 0.25) is 5.15 Å². The summed E-state index contributed by atoms with van der Waals surface area (Å²) in [7, 11) is -2.10. The number of rotatable bonds is 7. The van der Waals surface area contributed by atoms with Gasteiger partial charge in [0.05, 0.1) is 40.3 Å². The molecule has 1 aliphatic rings. The second-order valence-electron chi connectivity index (χ2n) is 11.0. The molecule has 226 valence electrons. The van der Waals surface area contributed by atoms with Crippen LogP contribution in [0.1, 0.15) is 64.7 Å². The standard InChI is InChI=1S/C29H33ClN8O4S/c1-16-11-20(18(3)33-22-8-9-24(30)34-26(22)27(39)36-43(5,41)42)25-21(12-16)28(40)37(4)29(35-25)38-10-6-7-19(15-38)23-14-31-17(2)13-32-23/h8-9,11-14,18-19,33H,6-7,10,15H2,1-5H3,(H,36,39)/t18-,19+/m1/s1. The fourth-order valence-corrected chi connectivity index (χ4v) is 6.00. The van der Waals surface area contributed by atoms with Crippen molar-refractivity contribution in [2.75, 3.05) is 29.6 Å². The predicted molar refractivity (Wildman–Crippen MR) is 166 cm³/mol. The summed E-state index contributed by atoms with van der Waals surface area (Å²) in [5.74, 6) is -0.205. The third-order valence-electron chi connectivity index (χ3n) is 7.45. The third kappa shape index (κ3) is 6.62. The number of aryl methyl sites for hydroxylation is 2. The van der Waals surface area contributed by atoms with Gasteiger partial charge in [0.25, 0.3) is 11.5 Å². The van der Waals surface area contributed by atoms with Crippen molar-refractivity contribution in [2.45, 2.75) is 45.6 Å². The van der Waals surface area contributed by atoms with Crippen LogP contribution < -0.4 is 20.5 Å². The van der Waals surface area contributed by atoms with Crippen LogP contribution in [0.15, 0.2) is 41.5 Å². The Morgan fingerprint density at radius 3 is 2.60 bits per heavy atom. The Morgan fingerprint density at radius 2 is 1.91 bits per heavy atom. The maximum atomic E-state index is 13.7. The second kappa shape index (κ2) is 11.9. The number of carbonyl (C=O) groups excluding carboxylic acids is 1. The predicted octanol–water partition coefficient (Wildman–Crippen LogP) is 3.64. The third-order valence-corrected chi connectivity index (χ3v) is 8.21. The molecule has 2 N–H and O–H groups in total. The normalized spacial score (nSPS) is 16.2. The maximum absolute atomic E-state index is 13.7. The molecule has 0 unspecified atom stereocenters. The maximum Gasteiger partial charge on any atom is 0.285 e. The van der Waals surface area contributed by atoms with Crippen LogP contribution in [0.4, 0.5) is 11.6 Å². The number of hydrogen-bond donors (Lipinski definition) is 2. The number of pyridine rings is 1. The molecule has 0 spiro atoms. The smallest absolute Gasteiger partial charge is 0.285 e. The van der Waals surface area contributed by atoms with Crippen LogP contribution in [-0.2, 0) is 17.1 Å². The van der Waals surface area contributed by atoms with E-state index in [1.807, 2.05) is 43.8 Å². The van der Waals surface area contributed by atoms with Gasteiger partial charge in [-0.1, -0.05) is 17.7 Å². The Hall–Kier alpha value is -4.10. The van der Waals surface area contributed by atoms with Crippen LogP contribution >= 0.6 is 11.6 Å². The minimum absolute atomic E-state index is 0.0316. The Bertz CT molecular complexity index is 1880. The molecule has 0 bridgehead atoms. The van der Waals surface area contributed by atoms with E-state index in [9.17, 15) is 18.0 Å². The highest BCUT2D eigenvalue weighted by molar-refractivity contribution is 7.89. The molecule has 2 atom stereocenters. The van der Waals surface area contributed by atoms with Crippen LogP contribution in [-0.4, -0.2) is 58.2 Å². The number of nitrogens with zero attached hydrogens (tertiary/aromatic N) is 6. The van der Waals surface area contributed by atoms with Crippen molar-refractivity contribution >= 4 is 50.1 Å². The first-order valence-corrected chi connectivity index (χ1v) is 16.1. The van der Waals surface area contributed by atoms with E-state index in [0.717, 1.165) is 48.2 Å². The van der Waals surface area contributed by atoms with Gasteiger partial charge in [-0.05, 0) is 57.4 Å². The van der Waals surface area contributed by atoms with E-state index < -0.39 is 22.0 Å². The lowest BCUT2D eigenvalue weighted by molar-refractivity contribution is 0.0977. The van der Waals surface area contributed by atoms with Crippen molar-refractivity contribution in [3.63, 3.8) is 0 Å². The first-order chi connectivity index (χ1) is 20.3. The SMILES string of the molecule is Cc1cc([C@@H](C)Nc2ccc(Cl)nc2C(=O)NS(C)(=O)=O)c2nc(N3CCC[C@H](c4cnc(C)cn4)C3)n(C)c(=O)c2c1.